The van der Waals surface area contributed by atoms with E-state index in [2.05, 4.69) is 6.58 Å². The summed E-state index contributed by atoms with van der Waals surface area (Å²) in [5.41, 5.74) is 1.21. The minimum atomic E-state index is 0.0159. The number of rotatable bonds is 5. The first-order valence-corrected chi connectivity index (χ1v) is 11.1. The van der Waals surface area contributed by atoms with Crippen LogP contribution in [0.25, 0.3) is 10.2 Å². The van der Waals surface area contributed by atoms with Crippen LogP contribution >= 0.6 is 23.1 Å². The SMILES string of the molecule is C=CCn1c(SCC(=O)N2CCCCC2)nc2sc3c(c2c1=O)CCC3. The number of carbonyl (C=O) groups excluding carboxylic acids is 1. The first-order chi connectivity index (χ1) is 12.7. The number of allylic oxidation sites excluding steroid dienone is 1. The quantitative estimate of drug-likeness (QED) is 0.448. The van der Waals surface area contributed by atoms with Gasteiger partial charge in [0.25, 0.3) is 5.56 Å². The van der Waals surface area contributed by atoms with Gasteiger partial charge in [-0.2, -0.15) is 0 Å². The average molecular weight is 390 g/mol. The van der Waals surface area contributed by atoms with Gasteiger partial charge in [-0.3, -0.25) is 14.2 Å². The number of fused-ring (bicyclic) bond motifs is 3. The van der Waals surface area contributed by atoms with Crippen molar-refractivity contribution in [3.63, 3.8) is 0 Å². The molecule has 0 N–H and O–H groups in total. The fourth-order valence-corrected chi connectivity index (χ4v) is 6.03. The van der Waals surface area contributed by atoms with Gasteiger partial charge in [-0.15, -0.1) is 17.9 Å². The summed E-state index contributed by atoms with van der Waals surface area (Å²) in [6.45, 7) is 5.90. The minimum Gasteiger partial charge on any atom is -0.342 e. The van der Waals surface area contributed by atoms with Gasteiger partial charge in [-0.05, 0) is 44.1 Å². The lowest BCUT2D eigenvalue weighted by Gasteiger charge is -2.26. The topological polar surface area (TPSA) is 55.2 Å². The fourth-order valence-electron chi connectivity index (χ4n) is 3.82. The van der Waals surface area contributed by atoms with E-state index in [4.69, 9.17) is 4.98 Å². The summed E-state index contributed by atoms with van der Waals surface area (Å²) < 4.78 is 1.68. The molecule has 4 rings (SSSR count). The second-order valence-electron chi connectivity index (χ2n) is 6.87. The van der Waals surface area contributed by atoms with Crippen molar-refractivity contribution in [3.05, 3.63) is 33.4 Å². The predicted octanol–water partition coefficient (Wildman–Crippen LogP) is 3.24. The lowest BCUT2D eigenvalue weighted by Crippen LogP contribution is -2.37. The summed E-state index contributed by atoms with van der Waals surface area (Å²) in [6.07, 6.45) is 8.24. The highest BCUT2D eigenvalue weighted by Crippen LogP contribution is 2.35. The molecule has 2 aromatic heterocycles. The monoisotopic (exact) mass is 389 g/mol. The van der Waals surface area contributed by atoms with Gasteiger partial charge in [0.2, 0.25) is 5.91 Å². The summed E-state index contributed by atoms with van der Waals surface area (Å²) in [7, 11) is 0. The van der Waals surface area contributed by atoms with Crippen LogP contribution in [0.15, 0.2) is 22.6 Å². The lowest BCUT2D eigenvalue weighted by molar-refractivity contribution is -0.129. The molecule has 2 aliphatic rings. The standard InChI is InChI=1S/C19H23N3O2S2/c1-2-9-22-18(24)16-13-7-6-8-14(13)26-17(16)20-19(22)25-12-15(23)21-10-4-3-5-11-21/h2H,1,3-12H2. The molecule has 2 aromatic rings. The molecule has 138 valence electrons. The Hall–Kier alpha value is -1.60. The highest BCUT2D eigenvalue weighted by molar-refractivity contribution is 7.99. The Kier molecular flexibility index (Phi) is 5.18. The fraction of sp³-hybridized carbons (Fsp3) is 0.526. The van der Waals surface area contributed by atoms with Gasteiger partial charge in [-0.1, -0.05) is 17.8 Å². The van der Waals surface area contributed by atoms with Crippen LogP contribution in [0, 0.1) is 0 Å². The van der Waals surface area contributed by atoms with Crippen molar-refractivity contribution in [2.45, 2.75) is 50.2 Å². The first-order valence-electron chi connectivity index (χ1n) is 9.25. The van der Waals surface area contributed by atoms with Crippen molar-refractivity contribution in [3.8, 4) is 0 Å². The number of aromatic nitrogens is 2. The van der Waals surface area contributed by atoms with Crippen LogP contribution in [0.3, 0.4) is 0 Å². The Morgan fingerprint density at radius 1 is 1.23 bits per heavy atom. The van der Waals surface area contributed by atoms with Gasteiger partial charge >= 0.3 is 0 Å². The zero-order chi connectivity index (χ0) is 18.1. The maximum atomic E-state index is 13.1. The van der Waals surface area contributed by atoms with E-state index in [0.717, 1.165) is 55.4 Å². The number of aryl methyl sites for hydroxylation is 2. The maximum Gasteiger partial charge on any atom is 0.263 e. The highest BCUT2D eigenvalue weighted by atomic mass is 32.2. The van der Waals surface area contributed by atoms with Crippen LogP contribution in [0.4, 0.5) is 0 Å². The van der Waals surface area contributed by atoms with Gasteiger partial charge < -0.3 is 4.90 Å². The minimum absolute atomic E-state index is 0.0159. The highest BCUT2D eigenvalue weighted by Gasteiger charge is 2.24. The van der Waals surface area contributed by atoms with Crippen LogP contribution in [0.2, 0.25) is 0 Å². The Bertz CT molecular complexity index is 910. The van der Waals surface area contributed by atoms with Crippen LogP contribution in [0.5, 0.6) is 0 Å². The van der Waals surface area contributed by atoms with E-state index in [1.165, 1.54) is 28.6 Å². The molecular weight excluding hydrogens is 366 g/mol. The number of piperidine rings is 1. The van der Waals surface area contributed by atoms with E-state index in [-0.39, 0.29) is 11.5 Å². The Morgan fingerprint density at radius 3 is 2.81 bits per heavy atom. The summed E-state index contributed by atoms with van der Waals surface area (Å²) >= 11 is 3.02. The molecular formula is C19H23N3O2S2. The molecule has 0 bridgehead atoms. The molecule has 5 nitrogen and oxygen atoms in total. The molecule has 1 amide bonds. The number of likely N-dealkylation sites (tertiary alicyclic amines) is 1. The van der Waals surface area contributed by atoms with E-state index in [1.807, 2.05) is 4.90 Å². The normalized spacial score (nSPS) is 16.8. The largest absolute Gasteiger partial charge is 0.342 e. The molecule has 0 radical (unpaired) electrons. The van der Waals surface area contributed by atoms with Crippen molar-refractivity contribution in [2.24, 2.45) is 0 Å². The van der Waals surface area contributed by atoms with Gasteiger partial charge in [0.15, 0.2) is 5.16 Å². The molecule has 1 saturated heterocycles. The number of thioether (sulfide) groups is 1. The lowest BCUT2D eigenvalue weighted by atomic mass is 10.1. The van der Waals surface area contributed by atoms with E-state index in [1.54, 1.807) is 22.0 Å². The number of nitrogens with zero attached hydrogens (tertiary/aromatic N) is 3. The first kappa shape index (κ1) is 17.8. The van der Waals surface area contributed by atoms with Crippen LogP contribution < -0.4 is 5.56 Å². The average Bonchev–Trinajstić information content (AvgIpc) is 3.24. The summed E-state index contributed by atoms with van der Waals surface area (Å²) in [5, 5.41) is 1.42. The van der Waals surface area contributed by atoms with Crippen LogP contribution in [0.1, 0.15) is 36.1 Å². The molecule has 0 saturated carbocycles. The van der Waals surface area contributed by atoms with Gasteiger partial charge in [0.1, 0.15) is 4.83 Å². The predicted molar refractivity (Wildman–Crippen MR) is 107 cm³/mol. The Balaban J connectivity index is 1.63. The van der Waals surface area contributed by atoms with Crippen LogP contribution in [-0.4, -0.2) is 39.2 Å². The van der Waals surface area contributed by atoms with Crippen molar-refractivity contribution in [2.75, 3.05) is 18.8 Å². The van der Waals surface area contributed by atoms with E-state index in [9.17, 15) is 9.59 Å². The van der Waals surface area contributed by atoms with Crippen molar-refractivity contribution in [1.29, 1.82) is 0 Å². The maximum absolute atomic E-state index is 13.1. The van der Waals surface area contributed by atoms with Gasteiger partial charge in [0, 0.05) is 24.5 Å². The zero-order valence-corrected chi connectivity index (χ0v) is 16.5. The number of amides is 1. The summed E-state index contributed by atoms with van der Waals surface area (Å²) in [6, 6.07) is 0. The second kappa shape index (κ2) is 7.56. The van der Waals surface area contributed by atoms with Crippen molar-refractivity contribution in [1.82, 2.24) is 14.5 Å². The van der Waals surface area contributed by atoms with E-state index >= 15 is 0 Å². The molecule has 7 heteroatoms. The third-order valence-corrected chi connectivity index (χ3v) is 7.28. The number of carbonyl (C=O) groups is 1. The molecule has 1 fully saturated rings. The molecule has 1 aliphatic carbocycles. The molecule has 0 aromatic carbocycles. The zero-order valence-electron chi connectivity index (χ0n) is 14.8. The third kappa shape index (κ3) is 3.22. The smallest absolute Gasteiger partial charge is 0.263 e. The van der Waals surface area contributed by atoms with E-state index in [0.29, 0.717) is 17.5 Å². The molecule has 0 atom stereocenters. The Morgan fingerprint density at radius 2 is 2.04 bits per heavy atom. The molecule has 3 heterocycles. The molecule has 0 spiro atoms. The van der Waals surface area contributed by atoms with Gasteiger partial charge in [0.05, 0.1) is 11.1 Å². The molecule has 1 aliphatic heterocycles. The summed E-state index contributed by atoms with van der Waals surface area (Å²) in [4.78, 5) is 34.4. The van der Waals surface area contributed by atoms with Gasteiger partial charge in [-0.25, -0.2) is 4.98 Å². The Labute approximate surface area is 161 Å². The second-order valence-corrected chi connectivity index (χ2v) is 8.89. The number of thiophene rings is 1. The number of hydrogen-bond donors (Lipinski definition) is 0. The third-order valence-electron chi connectivity index (χ3n) is 5.14. The van der Waals surface area contributed by atoms with Crippen molar-refractivity contribution < 1.29 is 4.79 Å². The van der Waals surface area contributed by atoms with Crippen LogP contribution in [-0.2, 0) is 24.2 Å². The number of hydrogen-bond acceptors (Lipinski definition) is 5. The van der Waals surface area contributed by atoms with E-state index < -0.39 is 0 Å². The summed E-state index contributed by atoms with van der Waals surface area (Å²) in [5.74, 6) is 0.475. The molecule has 26 heavy (non-hydrogen) atoms. The van der Waals surface area contributed by atoms with Crippen molar-refractivity contribution >= 4 is 39.2 Å². The molecule has 0 unspecified atom stereocenters.